The van der Waals surface area contributed by atoms with Gasteiger partial charge < -0.3 is 14.4 Å². The third-order valence-electron chi connectivity index (χ3n) is 4.46. The lowest BCUT2D eigenvalue weighted by molar-refractivity contribution is 0.0698. The van der Waals surface area contributed by atoms with Crippen LogP contribution in [0.15, 0.2) is 42.6 Å². The Morgan fingerprint density at radius 3 is 2.96 bits per heavy atom. The van der Waals surface area contributed by atoms with Gasteiger partial charge in [0.25, 0.3) is 0 Å². The predicted molar refractivity (Wildman–Crippen MR) is 86.1 cm³/mol. The highest BCUT2D eigenvalue weighted by molar-refractivity contribution is 6.04. The SMILES string of the molecule is Cc1c(C(=O)O)c2cccnc2n1C1CCOc2ccccc21. The molecule has 1 aromatic carbocycles. The molecule has 5 heteroatoms. The quantitative estimate of drug-likeness (QED) is 0.788. The highest BCUT2D eigenvalue weighted by atomic mass is 16.5. The maximum atomic E-state index is 11.7. The van der Waals surface area contributed by atoms with Gasteiger partial charge in [-0.1, -0.05) is 18.2 Å². The third kappa shape index (κ3) is 2.00. The summed E-state index contributed by atoms with van der Waals surface area (Å²) in [6.45, 7) is 2.46. The minimum absolute atomic E-state index is 0.0328. The summed E-state index contributed by atoms with van der Waals surface area (Å²) in [7, 11) is 0. The van der Waals surface area contributed by atoms with Crippen LogP contribution in [0.5, 0.6) is 5.75 Å². The van der Waals surface area contributed by atoms with Gasteiger partial charge in [0.05, 0.1) is 18.2 Å². The molecule has 0 spiro atoms. The van der Waals surface area contributed by atoms with Crippen molar-refractivity contribution in [3.8, 4) is 5.75 Å². The van der Waals surface area contributed by atoms with Gasteiger partial charge in [-0.2, -0.15) is 0 Å². The molecular formula is C18H16N2O3. The molecule has 1 aliphatic rings. The van der Waals surface area contributed by atoms with Gasteiger partial charge in [0, 0.05) is 29.3 Å². The number of carboxylic acid groups (broad SMARTS) is 1. The van der Waals surface area contributed by atoms with Crippen molar-refractivity contribution in [2.45, 2.75) is 19.4 Å². The van der Waals surface area contributed by atoms with Gasteiger partial charge in [-0.3, -0.25) is 0 Å². The topological polar surface area (TPSA) is 64.3 Å². The summed E-state index contributed by atoms with van der Waals surface area (Å²) >= 11 is 0. The Bertz CT molecular complexity index is 914. The second kappa shape index (κ2) is 5.12. The molecule has 3 aromatic rings. The van der Waals surface area contributed by atoms with Crippen molar-refractivity contribution in [1.82, 2.24) is 9.55 Å². The van der Waals surface area contributed by atoms with E-state index in [0.29, 0.717) is 23.2 Å². The zero-order valence-electron chi connectivity index (χ0n) is 12.7. The standard InChI is InChI=1S/C18H16N2O3/c1-11-16(18(21)22)13-6-4-9-19-17(13)20(11)14-8-10-23-15-7-3-2-5-12(14)15/h2-7,9,14H,8,10H2,1H3,(H,21,22). The minimum atomic E-state index is -0.917. The lowest BCUT2D eigenvalue weighted by atomic mass is 10.00. The van der Waals surface area contributed by atoms with Crippen LogP contribution in [0.4, 0.5) is 0 Å². The lowest BCUT2D eigenvalue weighted by Gasteiger charge is -2.28. The van der Waals surface area contributed by atoms with Crippen molar-refractivity contribution in [3.63, 3.8) is 0 Å². The molecule has 0 amide bonds. The molecule has 1 unspecified atom stereocenters. The summed E-state index contributed by atoms with van der Waals surface area (Å²) < 4.78 is 7.77. The number of rotatable bonds is 2. The normalized spacial score (nSPS) is 16.8. The average Bonchev–Trinajstić information content (AvgIpc) is 2.86. The number of pyridine rings is 1. The molecule has 116 valence electrons. The first-order valence-corrected chi connectivity index (χ1v) is 7.59. The van der Waals surface area contributed by atoms with Crippen molar-refractivity contribution in [1.29, 1.82) is 0 Å². The van der Waals surface area contributed by atoms with E-state index in [0.717, 1.165) is 23.4 Å². The van der Waals surface area contributed by atoms with Crippen LogP contribution >= 0.6 is 0 Å². The van der Waals surface area contributed by atoms with Gasteiger partial charge in [-0.05, 0) is 25.1 Å². The Morgan fingerprint density at radius 1 is 1.30 bits per heavy atom. The van der Waals surface area contributed by atoms with Crippen LogP contribution in [-0.4, -0.2) is 27.2 Å². The van der Waals surface area contributed by atoms with Gasteiger partial charge in [-0.15, -0.1) is 0 Å². The van der Waals surface area contributed by atoms with Crippen LogP contribution in [0.3, 0.4) is 0 Å². The van der Waals surface area contributed by atoms with E-state index in [-0.39, 0.29) is 6.04 Å². The Balaban J connectivity index is 2.01. The molecule has 0 saturated heterocycles. The molecule has 1 N–H and O–H groups in total. The van der Waals surface area contributed by atoms with Gasteiger partial charge in [0.1, 0.15) is 11.4 Å². The largest absolute Gasteiger partial charge is 0.493 e. The summed E-state index contributed by atoms with van der Waals surface area (Å²) in [6.07, 6.45) is 2.49. The highest BCUT2D eigenvalue weighted by Gasteiger charge is 2.29. The van der Waals surface area contributed by atoms with Gasteiger partial charge in [0.15, 0.2) is 0 Å². The van der Waals surface area contributed by atoms with Crippen LogP contribution < -0.4 is 4.74 Å². The molecule has 1 atom stereocenters. The Labute approximate surface area is 133 Å². The maximum absolute atomic E-state index is 11.7. The van der Waals surface area contributed by atoms with Crippen LogP contribution in [-0.2, 0) is 0 Å². The average molecular weight is 308 g/mol. The Kier molecular flexibility index (Phi) is 3.08. The first kappa shape index (κ1) is 13.8. The summed E-state index contributed by atoms with van der Waals surface area (Å²) in [5.41, 5.74) is 2.84. The second-order valence-corrected chi connectivity index (χ2v) is 5.70. The number of hydrogen-bond donors (Lipinski definition) is 1. The number of carboxylic acids is 1. The fourth-order valence-corrected chi connectivity index (χ4v) is 3.50. The molecule has 23 heavy (non-hydrogen) atoms. The molecule has 0 radical (unpaired) electrons. The van der Waals surface area contributed by atoms with Crippen LogP contribution in [0.2, 0.25) is 0 Å². The molecular weight excluding hydrogens is 292 g/mol. The predicted octanol–water partition coefficient (Wildman–Crippen LogP) is 3.41. The number of aromatic nitrogens is 2. The summed E-state index contributed by atoms with van der Waals surface area (Å²) in [5, 5.41) is 10.3. The lowest BCUT2D eigenvalue weighted by Crippen LogP contribution is -2.21. The monoisotopic (exact) mass is 308 g/mol. The summed E-state index contributed by atoms with van der Waals surface area (Å²) in [4.78, 5) is 16.2. The molecule has 5 nitrogen and oxygen atoms in total. The molecule has 0 bridgehead atoms. The van der Waals surface area contributed by atoms with Crippen molar-refractivity contribution in [3.05, 3.63) is 59.4 Å². The first-order valence-electron chi connectivity index (χ1n) is 7.59. The zero-order valence-corrected chi connectivity index (χ0v) is 12.7. The third-order valence-corrected chi connectivity index (χ3v) is 4.46. The number of fused-ring (bicyclic) bond motifs is 2. The molecule has 0 aliphatic carbocycles. The number of para-hydroxylation sites is 1. The van der Waals surface area contributed by atoms with E-state index in [4.69, 9.17) is 4.74 Å². The zero-order chi connectivity index (χ0) is 16.0. The Hall–Kier alpha value is -2.82. The van der Waals surface area contributed by atoms with Crippen molar-refractivity contribution in [2.75, 3.05) is 6.61 Å². The van der Waals surface area contributed by atoms with Gasteiger partial charge in [0.2, 0.25) is 0 Å². The first-order chi connectivity index (χ1) is 11.2. The molecule has 0 saturated carbocycles. The van der Waals surface area contributed by atoms with E-state index in [9.17, 15) is 9.90 Å². The summed E-state index contributed by atoms with van der Waals surface area (Å²) in [6, 6.07) is 11.5. The van der Waals surface area contributed by atoms with Crippen LogP contribution in [0.1, 0.15) is 34.1 Å². The number of aromatic carboxylic acids is 1. The van der Waals surface area contributed by atoms with Crippen molar-refractivity contribution >= 4 is 17.0 Å². The molecule has 3 heterocycles. The number of hydrogen-bond acceptors (Lipinski definition) is 3. The van der Waals surface area contributed by atoms with Gasteiger partial charge in [-0.25, -0.2) is 9.78 Å². The second-order valence-electron chi connectivity index (χ2n) is 5.70. The smallest absolute Gasteiger partial charge is 0.338 e. The van der Waals surface area contributed by atoms with Crippen LogP contribution in [0.25, 0.3) is 11.0 Å². The van der Waals surface area contributed by atoms with E-state index in [1.165, 1.54) is 0 Å². The van der Waals surface area contributed by atoms with E-state index < -0.39 is 5.97 Å². The fourth-order valence-electron chi connectivity index (χ4n) is 3.50. The van der Waals surface area contributed by atoms with Crippen molar-refractivity contribution < 1.29 is 14.6 Å². The minimum Gasteiger partial charge on any atom is -0.493 e. The number of ether oxygens (including phenoxy) is 1. The van der Waals surface area contributed by atoms with E-state index in [2.05, 4.69) is 4.98 Å². The van der Waals surface area contributed by atoms with Crippen LogP contribution in [0, 0.1) is 6.92 Å². The number of carbonyl (C=O) groups is 1. The Morgan fingerprint density at radius 2 is 2.13 bits per heavy atom. The number of nitrogens with zero attached hydrogens (tertiary/aromatic N) is 2. The molecule has 2 aromatic heterocycles. The number of benzene rings is 1. The van der Waals surface area contributed by atoms with E-state index in [1.807, 2.05) is 41.8 Å². The van der Waals surface area contributed by atoms with Gasteiger partial charge >= 0.3 is 5.97 Å². The van der Waals surface area contributed by atoms with E-state index >= 15 is 0 Å². The molecule has 0 fully saturated rings. The fraction of sp³-hybridized carbons (Fsp3) is 0.222. The van der Waals surface area contributed by atoms with E-state index in [1.54, 1.807) is 12.3 Å². The van der Waals surface area contributed by atoms with Crippen molar-refractivity contribution in [2.24, 2.45) is 0 Å². The molecule has 1 aliphatic heterocycles. The summed E-state index contributed by atoms with van der Waals surface area (Å²) in [5.74, 6) is -0.0580. The maximum Gasteiger partial charge on any atom is 0.338 e. The highest BCUT2D eigenvalue weighted by Crippen LogP contribution is 2.38. The molecule has 4 rings (SSSR count).